The van der Waals surface area contributed by atoms with Crippen LogP contribution in [0.25, 0.3) is 0 Å². The molecule has 13 atom stereocenters. The van der Waals surface area contributed by atoms with Gasteiger partial charge >= 0.3 is 5.97 Å². The standard InChI is InChI=1S/C26H41NO6/c1-7-27-12-24(3)9-8-17(31-5)26-15-10-14-16(30-4)11-25(32-6,18(15)20(14)29)19(23(26)27)21(22(24)26)33-13(2)28/h14-23,29H,7-12H2,1-6H3/t14-,15+,16-,17-,18+,19+,20-,21+,22+,23+,24-,25+,26?/m0/s1. The number of piperidine rings is 1. The van der Waals surface area contributed by atoms with Gasteiger partial charge in [-0.15, -0.1) is 0 Å². The van der Waals surface area contributed by atoms with Crippen LogP contribution < -0.4 is 0 Å². The largest absolute Gasteiger partial charge is 0.462 e. The highest BCUT2D eigenvalue weighted by Crippen LogP contribution is 2.79. The maximum absolute atomic E-state index is 12.5. The first-order chi connectivity index (χ1) is 15.7. The lowest BCUT2D eigenvalue weighted by atomic mass is 9.43. The highest BCUT2D eigenvalue weighted by Gasteiger charge is 2.86. The van der Waals surface area contributed by atoms with Crippen molar-refractivity contribution in [3.05, 3.63) is 0 Å². The van der Waals surface area contributed by atoms with E-state index in [4.69, 9.17) is 18.9 Å². The third kappa shape index (κ3) is 2.37. The van der Waals surface area contributed by atoms with Crippen molar-refractivity contribution in [2.24, 2.45) is 40.4 Å². The summed E-state index contributed by atoms with van der Waals surface area (Å²) in [5.41, 5.74) is -0.707. The van der Waals surface area contributed by atoms with Crippen LogP contribution >= 0.6 is 0 Å². The van der Waals surface area contributed by atoms with E-state index in [0.717, 1.165) is 38.8 Å². The van der Waals surface area contributed by atoms with E-state index in [0.29, 0.717) is 0 Å². The van der Waals surface area contributed by atoms with Gasteiger partial charge < -0.3 is 24.1 Å². The molecule has 1 N–H and O–H groups in total. The fourth-order valence-electron chi connectivity index (χ4n) is 11.1. The van der Waals surface area contributed by atoms with Crippen molar-refractivity contribution < 1.29 is 28.8 Å². The molecule has 1 aliphatic heterocycles. The molecular weight excluding hydrogens is 422 g/mol. The Morgan fingerprint density at radius 2 is 1.94 bits per heavy atom. The lowest BCUT2D eigenvalue weighted by Crippen LogP contribution is -2.76. The van der Waals surface area contributed by atoms with Crippen molar-refractivity contribution >= 4 is 5.97 Å². The van der Waals surface area contributed by atoms with Crippen LogP contribution in [0.15, 0.2) is 0 Å². The fraction of sp³-hybridized carbons (Fsp3) is 0.962. The van der Waals surface area contributed by atoms with Gasteiger partial charge in [0.25, 0.3) is 0 Å². The Kier molecular flexibility index (Phi) is 4.93. The molecule has 6 fully saturated rings. The van der Waals surface area contributed by atoms with Crippen molar-refractivity contribution in [2.75, 3.05) is 34.4 Å². The number of esters is 1. The van der Waals surface area contributed by atoms with Gasteiger partial charge in [-0.2, -0.15) is 0 Å². The van der Waals surface area contributed by atoms with Crippen molar-refractivity contribution in [2.45, 2.75) is 82.5 Å². The number of aliphatic hydroxyl groups excluding tert-OH is 1. The number of fused-ring (bicyclic) bond motifs is 2. The maximum atomic E-state index is 12.5. The minimum absolute atomic E-state index is 0.0125. The number of hydrogen-bond donors (Lipinski definition) is 1. The zero-order valence-electron chi connectivity index (χ0n) is 21.0. The third-order valence-corrected chi connectivity index (χ3v) is 11.5. The molecule has 0 aromatic carbocycles. The first-order valence-corrected chi connectivity index (χ1v) is 12.9. The van der Waals surface area contributed by atoms with Crippen molar-refractivity contribution in [3.63, 3.8) is 0 Å². The zero-order chi connectivity index (χ0) is 23.5. The Hall–Kier alpha value is -0.730. The number of likely N-dealkylation sites (tertiary alicyclic amines) is 1. The summed E-state index contributed by atoms with van der Waals surface area (Å²) in [7, 11) is 5.42. The van der Waals surface area contributed by atoms with E-state index in [2.05, 4.69) is 18.7 Å². The molecule has 6 aliphatic rings. The van der Waals surface area contributed by atoms with Crippen LogP contribution in [-0.2, 0) is 23.7 Å². The highest BCUT2D eigenvalue weighted by atomic mass is 16.6. The summed E-state index contributed by atoms with van der Waals surface area (Å²) < 4.78 is 25.3. The van der Waals surface area contributed by atoms with Crippen molar-refractivity contribution in [1.82, 2.24) is 4.90 Å². The summed E-state index contributed by atoms with van der Waals surface area (Å²) in [5, 5.41) is 11.7. The van der Waals surface area contributed by atoms with Crippen LogP contribution in [-0.4, -0.2) is 86.5 Å². The molecule has 7 bridgehead atoms. The second kappa shape index (κ2) is 7.16. The normalized spacial score (nSPS) is 58.4. The summed E-state index contributed by atoms with van der Waals surface area (Å²) >= 11 is 0. The molecule has 1 spiro atoms. The van der Waals surface area contributed by atoms with E-state index in [1.807, 2.05) is 7.11 Å². The Balaban J connectivity index is 1.65. The lowest BCUT2D eigenvalue weighted by Gasteiger charge is -2.69. The van der Waals surface area contributed by atoms with Crippen molar-refractivity contribution in [1.29, 1.82) is 0 Å². The number of rotatable bonds is 5. The Morgan fingerprint density at radius 1 is 1.18 bits per heavy atom. The molecule has 1 saturated heterocycles. The predicted octanol–water partition coefficient (Wildman–Crippen LogP) is 2.10. The minimum atomic E-state index is -0.581. The molecule has 7 heteroatoms. The topological polar surface area (TPSA) is 77.5 Å². The average Bonchev–Trinajstić information content (AvgIpc) is 3.17. The summed E-state index contributed by atoms with van der Waals surface area (Å²) in [6, 6.07) is 0.206. The smallest absolute Gasteiger partial charge is 0.302 e. The number of nitrogens with zero attached hydrogens (tertiary/aromatic N) is 1. The molecule has 7 nitrogen and oxygen atoms in total. The first-order valence-electron chi connectivity index (χ1n) is 12.9. The fourth-order valence-corrected chi connectivity index (χ4v) is 11.1. The summed E-state index contributed by atoms with van der Waals surface area (Å²) in [6.45, 7) is 8.17. The molecule has 1 heterocycles. The van der Waals surface area contributed by atoms with Gasteiger partial charge in [0.1, 0.15) is 6.10 Å². The van der Waals surface area contributed by atoms with E-state index in [-0.39, 0.29) is 70.7 Å². The quantitative estimate of drug-likeness (QED) is 0.626. The molecule has 0 aromatic heterocycles. The van der Waals surface area contributed by atoms with Gasteiger partial charge in [-0.05, 0) is 37.1 Å². The molecule has 5 saturated carbocycles. The van der Waals surface area contributed by atoms with Crippen LogP contribution in [0.3, 0.4) is 0 Å². The van der Waals surface area contributed by atoms with E-state index >= 15 is 0 Å². The molecular formula is C26H41NO6. The van der Waals surface area contributed by atoms with Gasteiger partial charge in [0.05, 0.1) is 23.9 Å². The van der Waals surface area contributed by atoms with E-state index in [9.17, 15) is 9.90 Å². The zero-order valence-corrected chi connectivity index (χ0v) is 21.0. The first kappa shape index (κ1) is 22.7. The molecule has 1 unspecified atom stereocenters. The maximum Gasteiger partial charge on any atom is 0.302 e. The number of ether oxygens (including phenoxy) is 4. The molecule has 6 rings (SSSR count). The van der Waals surface area contributed by atoms with Gasteiger partial charge in [-0.25, -0.2) is 0 Å². The van der Waals surface area contributed by atoms with E-state index < -0.39 is 11.7 Å². The summed E-state index contributed by atoms with van der Waals surface area (Å²) in [4.78, 5) is 15.2. The highest BCUT2D eigenvalue weighted by molar-refractivity contribution is 5.66. The second-order valence-corrected chi connectivity index (χ2v) is 12.2. The van der Waals surface area contributed by atoms with E-state index in [1.165, 1.54) is 6.92 Å². The van der Waals surface area contributed by atoms with Gasteiger partial charge in [0.15, 0.2) is 0 Å². The molecule has 5 aliphatic carbocycles. The van der Waals surface area contributed by atoms with Gasteiger partial charge in [-0.1, -0.05) is 13.8 Å². The van der Waals surface area contributed by atoms with Crippen LogP contribution in [0.2, 0.25) is 0 Å². The number of hydrogen-bond acceptors (Lipinski definition) is 7. The number of carbonyl (C=O) groups excluding carboxylic acids is 1. The van der Waals surface area contributed by atoms with Crippen LogP contribution in [0.5, 0.6) is 0 Å². The van der Waals surface area contributed by atoms with Crippen LogP contribution in [0, 0.1) is 40.4 Å². The molecule has 186 valence electrons. The Morgan fingerprint density at radius 3 is 2.55 bits per heavy atom. The van der Waals surface area contributed by atoms with Crippen molar-refractivity contribution in [3.8, 4) is 0 Å². The molecule has 0 amide bonds. The molecule has 0 aromatic rings. The lowest BCUT2D eigenvalue weighted by molar-refractivity contribution is -0.276. The number of aliphatic hydroxyl groups is 1. The average molecular weight is 464 g/mol. The SMILES string of the molecule is CCN1C[C@]2(C)CC[C@H](OC)C34[C@@H]5C[C@@H]6[C@H](O)[C@@H]5[C@](OC)(C[C@@H]6OC)[C@H]([C@@H](OC(C)=O)[C@@H]32)[C@@H]14. The van der Waals surface area contributed by atoms with Gasteiger partial charge in [0, 0.05) is 76.3 Å². The molecule has 33 heavy (non-hydrogen) atoms. The number of methoxy groups -OCH3 is 3. The monoisotopic (exact) mass is 463 g/mol. The van der Waals surface area contributed by atoms with Gasteiger partial charge in [-0.3, -0.25) is 9.69 Å². The van der Waals surface area contributed by atoms with Crippen LogP contribution in [0.4, 0.5) is 0 Å². The van der Waals surface area contributed by atoms with Crippen LogP contribution in [0.1, 0.15) is 46.5 Å². The third-order valence-electron chi connectivity index (χ3n) is 11.5. The second-order valence-electron chi connectivity index (χ2n) is 12.2. The number of carbonyl (C=O) groups is 1. The summed E-state index contributed by atoms with van der Waals surface area (Å²) in [6.07, 6.45) is 3.09. The van der Waals surface area contributed by atoms with E-state index in [1.54, 1.807) is 14.2 Å². The Bertz CT molecular complexity index is 838. The summed E-state index contributed by atoms with van der Waals surface area (Å²) in [5.74, 6) is 0.364. The molecule has 0 radical (unpaired) electrons. The Labute approximate surface area is 197 Å². The van der Waals surface area contributed by atoms with Gasteiger partial charge in [0.2, 0.25) is 0 Å². The predicted molar refractivity (Wildman–Crippen MR) is 120 cm³/mol. The minimum Gasteiger partial charge on any atom is -0.462 e.